The van der Waals surface area contributed by atoms with Gasteiger partial charge in [-0.2, -0.15) is 0 Å². The molecule has 0 atom stereocenters. The molecule has 6 heteroatoms. The van der Waals surface area contributed by atoms with E-state index < -0.39 is 28.7 Å². The third-order valence-electron chi connectivity index (χ3n) is 4.23. The number of amides is 1. The number of aliphatic hydroxyl groups excluding tert-OH is 1. The van der Waals surface area contributed by atoms with Crippen LogP contribution in [0.5, 0.6) is 5.75 Å². The number of hydrogen-bond donors (Lipinski definition) is 2. The molecule has 0 saturated heterocycles. The molecule has 25 heavy (non-hydrogen) atoms. The van der Waals surface area contributed by atoms with Crippen molar-refractivity contribution < 1.29 is 23.4 Å². The second-order valence-corrected chi connectivity index (χ2v) is 6.46. The largest absolute Gasteiger partial charge is 0.488 e. The van der Waals surface area contributed by atoms with Gasteiger partial charge in [0.25, 0.3) is 5.91 Å². The zero-order valence-corrected chi connectivity index (χ0v) is 15.3. The van der Waals surface area contributed by atoms with Gasteiger partial charge in [-0.1, -0.05) is 33.6 Å². The minimum Gasteiger partial charge on any atom is -0.488 e. The van der Waals surface area contributed by atoms with Crippen LogP contribution in [0, 0.1) is 17.0 Å². The highest BCUT2D eigenvalue weighted by molar-refractivity contribution is 5.94. The number of halogens is 2. The fourth-order valence-electron chi connectivity index (χ4n) is 2.98. The molecule has 0 aromatic heterocycles. The van der Waals surface area contributed by atoms with Crippen molar-refractivity contribution in [1.82, 2.24) is 5.32 Å². The minimum absolute atomic E-state index is 0.0402. The molecule has 1 aromatic rings. The maximum Gasteiger partial charge on any atom is 0.251 e. The molecule has 0 unspecified atom stereocenters. The highest BCUT2D eigenvalue weighted by Crippen LogP contribution is 2.29. The summed E-state index contributed by atoms with van der Waals surface area (Å²) >= 11 is 0. The van der Waals surface area contributed by atoms with Crippen LogP contribution in [0.2, 0.25) is 0 Å². The van der Waals surface area contributed by atoms with Crippen LogP contribution in [0.15, 0.2) is 12.1 Å². The first-order chi connectivity index (χ1) is 11.9. The number of rotatable bonds is 11. The van der Waals surface area contributed by atoms with E-state index >= 15 is 0 Å². The Morgan fingerprint density at radius 1 is 1.12 bits per heavy atom. The summed E-state index contributed by atoms with van der Waals surface area (Å²) in [6, 6.07) is 1.95. The summed E-state index contributed by atoms with van der Waals surface area (Å²) in [5, 5.41) is 12.4. The van der Waals surface area contributed by atoms with Crippen LogP contribution >= 0.6 is 0 Å². The Hall–Kier alpha value is -1.69. The number of nitrogens with one attached hydrogen (secondary N) is 1. The number of carbonyl (C=O) groups excluding carboxylic acids is 1. The Morgan fingerprint density at radius 2 is 1.68 bits per heavy atom. The lowest BCUT2D eigenvalue weighted by atomic mass is 9.80. The SMILES string of the molecule is CCCOc1c(F)cc(C(=O)NCC(CO)(CCC)CCC)cc1F. The molecular formula is C19H29F2NO3. The lowest BCUT2D eigenvalue weighted by Crippen LogP contribution is -2.40. The molecular weight excluding hydrogens is 328 g/mol. The first-order valence-corrected chi connectivity index (χ1v) is 8.93. The van der Waals surface area contributed by atoms with Crippen molar-refractivity contribution in [3.63, 3.8) is 0 Å². The average Bonchev–Trinajstić information content (AvgIpc) is 2.59. The van der Waals surface area contributed by atoms with Gasteiger partial charge in [-0.15, -0.1) is 0 Å². The third-order valence-corrected chi connectivity index (χ3v) is 4.23. The van der Waals surface area contributed by atoms with Gasteiger partial charge in [0.2, 0.25) is 0 Å². The van der Waals surface area contributed by atoms with Crippen LogP contribution in [0.4, 0.5) is 8.78 Å². The van der Waals surface area contributed by atoms with Crippen molar-refractivity contribution in [2.24, 2.45) is 5.41 Å². The van der Waals surface area contributed by atoms with E-state index in [-0.39, 0.29) is 25.3 Å². The van der Waals surface area contributed by atoms with Gasteiger partial charge in [0.1, 0.15) is 0 Å². The van der Waals surface area contributed by atoms with Crippen LogP contribution < -0.4 is 10.1 Å². The second-order valence-electron chi connectivity index (χ2n) is 6.46. The summed E-state index contributed by atoms with van der Waals surface area (Å²) in [6.07, 6.45) is 3.92. The van der Waals surface area contributed by atoms with Gasteiger partial charge < -0.3 is 15.2 Å². The molecule has 0 heterocycles. The van der Waals surface area contributed by atoms with E-state index in [0.29, 0.717) is 6.42 Å². The molecule has 142 valence electrons. The van der Waals surface area contributed by atoms with Crippen LogP contribution in [0.1, 0.15) is 63.2 Å². The van der Waals surface area contributed by atoms with E-state index in [1.807, 2.05) is 20.8 Å². The van der Waals surface area contributed by atoms with Crippen molar-refractivity contribution in [3.8, 4) is 5.75 Å². The van der Waals surface area contributed by atoms with Crippen molar-refractivity contribution in [1.29, 1.82) is 0 Å². The van der Waals surface area contributed by atoms with Gasteiger partial charge >= 0.3 is 0 Å². The summed E-state index contributed by atoms with van der Waals surface area (Å²) in [4.78, 5) is 12.3. The summed E-state index contributed by atoms with van der Waals surface area (Å²) in [5.74, 6) is -2.81. The molecule has 1 aromatic carbocycles. The number of carbonyl (C=O) groups is 1. The predicted octanol–water partition coefficient (Wildman–Crippen LogP) is 4.06. The molecule has 0 aliphatic carbocycles. The fourth-order valence-corrected chi connectivity index (χ4v) is 2.98. The topological polar surface area (TPSA) is 58.6 Å². The van der Waals surface area contributed by atoms with Crippen molar-refractivity contribution in [2.75, 3.05) is 19.8 Å². The minimum atomic E-state index is -0.894. The summed E-state index contributed by atoms with van der Waals surface area (Å²) in [6.45, 7) is 6.29. The first-order valence-electron chi connectivity index (χ1n) is 8.93. The quantitative estimate of drug-likeness (QED) is 0.628. The summed E-state index contributed by atoms with van der Waals surface area (Å²) < 4.78 is 33.0. The maximum atomic E-state index is 14.0. The average molecular weight is 357 g/mol. The van der Waals surface area contributed by atoms with E-state index in [4.69, 9.17) is 4.74 Å². The van der Waals surface area contributed by atoms with Crippen molar-refractivity contribution >= 4 is 5.91 Å². The van der Waals surface area contributed by atoms with E-state index in [2.05, 4.69) is 5.32 Å². The highest BCUT2D eigenvalue weighted by Gasteiger charge is 2.28. The lowest BCUT2D eigenvalue weighted by Gasteiger charge is -2.31. The Labute approximate surface area is 148 Å². The summed E-state index contributed by atoms with van der Waals surface area (Å²) in [5.41, 5.74) is -0.501. The first kappa shape index (κ1) is 21.4. The Kier molecular flexibility index (Phi) is 8.83. The van der Waals surface area contributed by atoms with Gasteiger partial charge in [-0.05, 0) is 31.4 Å². The zero-order valence-electron chi connectivity index (χ0n) is 15.3. The number of aliphatic hydroxyl groups is 1. The van der Waals surface area contributed by atoms with Crippen molar-refractivity contribution in [3.05, 3.63) is 29.3 Å². The number of benzene rings is 1. The fraction of sp³-hybridized carbons (Fsp3) is 0.632. The standard InChI is InChI=1S/C19H29F2NO3/c1-4-7-19(13-23,8-5-2)12-22-18(24)14-10-15(20)17(16(21)11-14)25-9-6-3/h10-11,23H,4-9,12-13H2,1-3H3,(H,22,24). The molecule has 0 bridgehead atoms. The molecule has 0 aliphatic heterocycles. The molecule has 0 spiro atoms. The van der Waals surface area contributed by atoms with Crippen LogP contribution in [0.3, 0.4) is 0 Å². The highest BCUT2D eigenvalue weighted by atomic mass is 19.1. The van der Waals surface area contributed by atoms with Crippen LogP contribution in [-0.2, 0) is 0 Å². The molecule has 1 rings (SSSR count). The molecule has 0 aliphatic rings. The molecule has 1 amide bonds. The van der Waals surface area contributed by atoms with Crippen molar-refractivity contribution in [2.45, 2.75) is 52.9 Å². The number of ether oxygens (including phenoxy) is 1. The van der Waals surface area contributed by atoms with Crippen LogP contribution in [-0.4, -0.2) is 30.8 Å². The molecule has 0 radical (unpaired) electrons. The molecule has 0 saturated carbocycles. The lowest BCUT2D eigenvalue weighted by molar-refractivity contribution is 0.0813. The summed E-state index contributed by atoms with van der Waals surface area (Å²) in [7, 11) is 0. The van der Waals surface area contributed by atoms with Gasteiger partial charge in [0.05, 0.1) is 13.2 Å². The van der Waals surface area contributed by atoms with Gasteiger partial charge in [0.15, 0.2) is 17.4 Å². The molecule has 0 fully saturated rings. The molecule has 2 N–H and O–H groups in total. The second kappa shape index (κ2) is 10.3. The van der Waals surface area contributed by atoms with E-state index in [1.54, 1.807) is 0 Å². The van der Waals surface area contributed by atoms with Gasteiger partial charge in [0, 0.05) is 17.5 Å². The Morgan fingerprint density at radius 3 is 2.12 bits per heavy atom. The van der Waals surface area contributed by atoms with Gasteiger partial charge in [-0.3, -0.25) is 4.79 Å². The normalized spacial score (nSPS) is 11.4. The van der Waals surface area contributed by atoms with E-state index in [0.717, 1.165) is 37.8 Å². The van der Waals surface area contributed by atoms with E-state index in [9.17, 15) is 18.7 Å². The zero-order chi connectivity index (χ0) is 18.9. The smallest absolute Gasteiger partial charge is 0.251 e. The predicted molar refractivity (Wildman–Crippen MR) is 93.8 cm³/mol. The Balaban J connectivity index is 2.86. The van der Waals surface area contributed by atoms with Crippen LogP contribution in [0.25, 0.3) is 0 Å². The Bertz CT molecular complexity index is 535. The van der Waals surface area contributed by atoms with Gasteiger partial charge in [-0.25, -0.2) is 8.78 Å². The number of hydrogen-bond acceptors (Lipinski definition) is 3. The maximum absolute atomic E-state index is 14.0. The molecule has 4 nitrogen and oxygen atoms in total. The third kappa shape index (κ3) is 5.96. The van der Waals surface area contributed by atoms with E-state index in [1.165, 1.54) is 0 Å². The monoisotopic (exact) mass is 357 g/mol.